The first-order valence-electron chi connectivity index (χ1n) is 7.58. The fourth-order valence-corrected chi connectivity index (χ4v) is 2.87. The molecule has 5 heteroatoms. The predicted molar refractivity (Wildman–Crippen MR) is 83.7 cm³/mol. The Morgan fingerprint density at radius 2 is 2.23 bits per heavy atom. The zero-order chi connectivity index (χ0) is 15.4. The second-order valence-electron chi connectivity index (χ2n) is 5.70. The maximum Gasteiger partial charge on any atom is 0.335 e. The third-order valence-corrected chi connectivity index (χ3v) is 4.03. The number of nitrogens with one attached hydrogen (secondary N) is 1. The number of nitrogens with zero attached hydrogens (tertiary/aromatic N) is 2. The van der Waals surface area contributed by atoms with E-state index in [1.54, 1.807) is 24.5 Å². The molecular weight excluding hydrogens is 278 g/mol. The molecule has 0 radical (unpaired) electrons. The van der Waals surface area contributed by atoms with Crippen molar-refractivity contribution in [2.24, 2.45) is 5.92 Å². The average Bonchev–Trinajstić information content (AvgIpc) is 2.56. The van der Waals surface area contributed by atoms with Crippen molar-refractivity contribution in [3.05, 3.63) is 47.9 Å². The quantitative estimate of drug-likeness (QED) is 0.906. The van der Waals surface area contributed by atoms with E-state index in [1.165, 1.54) is 12.8 Å². The molecule has 0 bridgehead atoms. The normalized spacial score (nSPS) is 18.1. The molecule has 0 spiro atoms. The van der Waals surface area contributed by atoms with E-state index >= 15 is 0 Å². The number of carboxylic acid groups (broad SMARTS) is 1. The van der Waals surface area contributed by atoms with Gasteiger partial charge in [-0.3, -0.25) is 0 Å². The Balaban J connectivity index is 1.81. The summed E-state index contributed by atoms with van der Waals surface area (Å²) in [6.07, 6.45) is 4.93. The molecule has 22 heavy (non-hydrogen) atoms. The van der Waals surface area contributed by atoms with Crippen LogP contribution in [0.3, 0.4) is 0 Å². The first kappa shape index (κ1) is 14.7. The fourth-order valence-electron chi connectivity index (χ4n) is 2.87. The summed E-state index contributed by atoms with van der Waals surface area (Å²) < 4.78 is 0. The lowest BCUT2D eigenvalue weighted by molar-refractivity contribution is 0.0697. The molecule has 2 heterocycles. The Kier molecular flexibility index (Phi) is 4.44. The van der Waals surface area contributed by atoms with E-state index in [0.717, 1.165) is 36.5 Å². The molecule has 2 aromatic rings. The lowest BCUT2D eigenvalue weighted by Gasteiger charge is -2.22. The van der Waals surface area contributed by atoms with Crippen molar-refractivity contribution in [2.75, 3.05) is 13.1 Å². The summed E-state index contributed by atoms with van der Waals surface area (Å²) in [5, 5.41) is 12.5. The Morgan fingerprint density at radius 1 is 1.32 bits per heavy atom. The number of benzene rings is 1. The van der Waals surface area contributed by atoms with Gasteiger partial charge in [-0.1, -0.05) is 12.1 Å². The van der Waals surface area contributed by atoms with Crippen molar-refractivity contribution in [2.45, 2.75) is 19.3 Å². The lowest BCUT2D eigenvalue weighted by atomic mass is 9.94. The van der Waals surface area contributed by atoms with Crippen LogP contribution in [0, 0.1) is 5.92 Å². The SMILES string of the molecule is O=C(O)c1cccc(-c2cc(CC3CCCNC3)ncn2)c1. The third kappa shape index (κ3) is 3.49. The largest absolute Gasteiger partial charge is 0.478 e. The highest BCUT2D eigenvalue weighted by atomic mass is 16.4. The average molecular weight is 297 g/mol. The summed E-state index contributed by atoms with van der Waals surface area (Å²) in [6.45, 7) is 2.14. The summed E-state index contributed by atoms with van der Waals surface area (Å²) >= 11 is 0. The van der Waals surface area contributed by atoms with Gasteiger partial charge in [-0.05, 0) is 56.5 Å². The number of piperidine rings is 1. The van der Waals surface area contributed by atoms with Crippen LogP contribution in [-0.2, 0) is 6.42 Å². The van der Waals surface area contributed by atoms with Crippen molar-refractivity contribution in [1.29, 1.82) is 0 Å². The Morgan fingerprint density at radius 3 is 3.00 bits per heavy atom. The lowest BCUT2D eigenvalue weighted by Crippen LogP contribution is -2.31. The van der Waals surface area contributed by atoms with Gasteiger partial charge in [0.25, 0.3) is 0 Å². The minimum absolute atomic E-state index is 0.272. The zero-order valence-electron chi connectivity index (χ0n) is 12.3. The summed E-state index contributed by atoms with van der Waals surface area (Å²) in [7, 11) is 0. The van der Waals surface area contributed by atoms with Crippen LogP contribution in [0.2, 0.25) is 0 Å². The molecule has 0 amide bonds. The number of carboxylic acids is 1. The number of aromatic carboxylic acids is 1. The van der Waals surface area contributed by atoms with Crippen molar-refractivity contribution in [3.63, 3.8) is 0 Å². The van der Waals surface area contributed by atoms with Crippen LogP contribution in [0.25, 0.3) is 11.3 Å². The molecule has 1 atom stereocenters. The van der Waals surface area contributed by atoms with Crippen LogP contribution in [0.15, 0.2) is 36.7 Å². The van der Waals surface area contributed by atoms with Gasteiger partial charge in [0, 0.05) is 11.3 Å². The van der Waals surface area contributed by atoms with Gasteiger partial charge in [0.15, 0.2) is 0 Å². The molecule has 1 aliphatic rings. The molecule has 1 saturated heterocycles. The summed E-state index contributed by atoms with van der Waals surface area (Å²) in [5.74, 6) is -0.314. The number of hydrogen-bond donors (Lipinski definition) is 2. The summed E-state index contributed by atoms with van der Waals surface area (Å²) in [6, 6.07) is 8.82. The minimum Gasteiger partial charge on any atom is -0.478 e. The highest BCUT2D eigenvalue weighted by molar-refractivity contribution is 5.89. The molecule has 2 N–H and O–H groups in total. The van der Waals surface area contributed by atoms with E-state index in [4.69, 9.17) is 5.11 Å². The highest BCUT2D eigenvalue weighted by Crippen LogP contribution is 2.21. The van der Waals surface area contributed by atoms with Gasteiger partial charge >= 0.3 is 5.97 Å². The van der Waals surface area contributed by atoms with Gasteiger partial charge in [0.05, 0.1) is 11.3 Å². The summed E-state index contributed by atoms with van der Waals surface area (Å²) in [4.78, 5) is 19.7. The molecule has 1 aromatic heterocycles. The van der Waals surface area contributed by atoms with Crippen LogP contribution in [0.4, 0.5) is 0 Å². The van der Waals surface area contributed by atoms with Crippen molar-refractivity contribution >= 4 is 5.97 Å². The van der Waals surface area contributed by atoms with Crippen LogP contribution in [0.5, 0.6) is 0 Å². The van der Waals surface area contributed by atoms with Crippen molar-refractivity contribution in [3.8, 4) is 11.3 Å². The minimum atomic E-state index is -0.926. The van der Waals surface area contributed by atoms with Crippen LogP contribution in [-0.4, -0.2) is 34.1 Å². The van der Waals surface area contributed by atoms with Crippen molar-refractivity contribution < 1.29 is 9.90 Å². The molecule has 5 nitrogen and oxygen atoms in total. The monoisotopic (exact) mass is 297 g/mol. The Labute approximate surface area is 129 Å². The van der Waals surface area contributed by atoms with Crippen LogP contribution < -0.4 is 5.32 Å². The van der Waals surface area contributed by atoms with E-state index < -0.39 is 5.97 Å². The van der Waals surface area contributed by atoms with Crippen molar-refractivity contribution in [1.82, 2.24) is 15.3 Å². The zero-order valence-corrected chi connectivity index (χ0v) is 12.3. The molecule has 1 aromatic carbocycles. The third-order valence-electron chi connectivity index (χ3n) is 4.03. The Hall–Kier alpha value is -2.27. The molecule has 0 aliphatic carbocycles. The molecule has 114 valence electrons. The van der Waals surface area contributed by atoms with Gasteiger partial charge in [-0.15, -0.1) is 0 Å². The molecule has 1 unspecified atom stereocenters. The van der Waals surface area contributed by atoms with Gasteiger partial charge in [-0.25, -0.2) is 14.8 Å². The maximum atomic E-state index is 11.1. The first-order valence-corrected chi connectivity index (χ1v) is 7.58. The van der Waals surface area contributed by atoms with Crippen LogP contribution >= 0.6 is 0 Å². The van der Waals surface area contributed by atoms with E-state index in [-0.39, 0.29) is 5.56 Å². The van der Waals surface area contributed by atoms with Gasteiger partial charge in [-0.2, -0.15) is 0 Å². The van der Waals surface area contributed by atoms with E-state index in [1.807, 2.05) is 12.1 Å². The molecule has 1 aliphatic heterocycles. The molecule has 0 saturated carbocycles. The summed E-state index contributed by atoms with van der Waals surface area (Å²) in [5.41, 5.74) is 2.87. The van der Waals surface area contributed by atoms with E-state index in [9.17, 15) is 4.79 Å². The number of carbonyl (C=O) groups is 1. The fraction of sp³-hybridized carbons (Fsp3) is 0.353. The van der Waals surface area contributed by atoms with E-state index in [2.05, 4.69) is 15.3 Å². The molecule has 3 rings (SSSR count). The predicted octanol–water partition coefficient (Wildman–Crippen LogP) is 2.38. The number of aromatic nitrogens is 2. The molecule has 1 fully saturated rings. The molecular formula is C17H19N3O2. The van der Waals surface area contributed by atoms with Crippen LogP contribution in [0.1, 0.15) is 28.9 Å². The van der Waals surface area contributed by atoms with Gasteiger partial charge < -0.3 is 10.4 Å². The second kappa shape index (κ2) is 6.66. The first-order chi connectivity index (χ1) is 10.7. The second-order valence-corrected chi connectivity index (χ2v) is 5.70. The van der Waals surface area contributed by atoms with Gasteiger partial charge in [0.1, 0.15) is 6.33 Å². The number of rotatable bonds is 4. The number of hydrogen-bond acceptors (Lipinski definition) is 4. The maximum absolute atomic E-state index is 11.1. The smallest absolute Gasteiger partial charge is 0.335 e. The van der Waals surface area contributed by atoms with E-state index in [0.29, 0.717) is 5.92 Å². The topological polar surface area (TPSA) is 75.1 Å². The van der Waals surface area contributed by atoms with Gasteiger partial charge in [0.2, 0.25) is 0 Å². The Bertz CT molecular complexity index is 666. The highest BCUT2D eigenvalue weighted by Gasteiger charge is 2.15. The standard InChI is InChI=1S/C17H19N3O2/c21-17(22)14-5-1-4-13(8-14)16-9-15(19-11-20-16)7-12-3-2-6-18-10-12/h1,4-5,8-9,11-12,18H,2-3,6-7,10H2,(H,21,22).